The third-order valence-corrected chi connectivity index (χ3v) is 6.69. The van der Waals surface area contributed by atoms with Gasteiger partial charge in [-0.05, 0) is 24.0 Å². The molecule has 2 aromatic heterocycles. The summed E-state index contributed by atoms with van der Waals surface area (Å²) in [7, 11) is 1.79. The highest BCUT2D eigenvalue weighted by molar-refractivity contribution is 5.92. The Balaban J connectivity index is 1.88. The van der Waals surface area contributed by atoms with Gasteiger partial charge in [-0.3, -0.25) is 9.48 Å². The minimum Gasteiger partial charge on any atom is -0.328 e. The molecule has 0 fully saturated rings. The van der Waals surface area contributed by atoms with Crippen LogP contribution in [0.2, 0.25) is 0 Å². The van der Waals surface area contributed by atoms with Gasteiger partial charge in [0.05, 0.1) is 18.3 Å². The maximum absolute atomic E-state index is 15.0. The van der Waals surface area contributed by atoms with Crippen LogP contribution in [0.4, 0.5) is 4.39 Å². The number of amides is 1. The average molecular weight is 517 g/mol. The Bertz CT molecular complexity index is 1340. The lowest BCUT2D eigenvalue weighted by Gasteiger charge is -2.40. The van der Waals surface area contributed by atoms with Gasteiger partial charge in [-0.15, -0.1) is 0 Å². The van der Waals surface area contributed by atoms with E-state index in [-0.39, 0.29) is 24.7 Å². The number of imidazole rings is 1. The highest BCUT2D eigenvalue weighted by Crippen LogP contribution is 2.40. The van der Waals surface area contributed by atoms with Crippen molar-refractivity contribution in [1.29, 1.82) is 0 Å². The minimum atomic E-state index is -1.39. The number of nitrogens with zero attached hydrogens (tertiary/aromatic N) is 5. The van der Waals surface area contributed by atoms with E-state index in [0.717, 1.165) is 22.5 Å². The zero-order chi connectivity index (χ0) is 27.4. The molecule has 2 atom stereocenters. The van der Waals surface area contributed by atoms with Crippen LogP contribution < -0.4 is 5.73 Å². The number of carbonyl (C=O) groups excluding carboxylic acids is 1. The number of carbonyl (C=O) groups is 1. The molecule has 0 spiro atoms. The Morgan fingerprint density at radius 3 is 2.26 bits per heavy atom. The first kappa shape index (κ1) is 27.3. The Kier molecular flexibility index (Phi) is 8.11. The van der Waals surface area contributed by atoms with E-state index in [4.69, 9.17) is 10.7 Å². The van der Waals surface area contributed by atoms with Gasteiger partial charge in [0.15, 0.2) is 5.69 Å². The summed E-state index contributed by atoms with van der Waals surface area (Å²) in [5, 5.41) is 4.41. The van der Waals surface area contributed by atoms with Crippen LogP contribution in [-0.2, 0) is 13.6 Å². The van der Waals surface area contributed by atoms with Gasteiger partial charge in [0, 0.05) is 37.6 Å². The highest BCUT2D eigenvalue weighted by Gasteiger charge is 2.40. The Labute approximate surface area is 224 Å². The number of hydrogen-bond donors (Lipinski definition) is 1. The van der Waals surface area contributed by atoms with Gasteiger partial charge in [-0.25, -0.2) is 9.37 Å². The quantitative estimate of drug-likeness (QED) is 0.333. The van der Waals surface area contributed by atoms with Gasteiger partial charge in [0.1, 0.15) is 12.0 Å². The van der Waals surface area contributed by atoms with Crippen molar-refractivity contribution in [3.8, 4) is 11.3 Å². The van der Waals surface area contributed by atoms with E-state index in [9.17, 15) is 9.18 Å². The first-order chi connectivity index (χ1) is 18.1. The van der Waals surface area contributed by atoms with Crippen LogP contribution in [-0.4, -0.2) is 49.4 Å². The normalized spacial score (nSPS) is 13.3. The predicted molar refractivity (Wildman–Crippen MR) is 148 cm³/mol. The summed E-state index contributed by atoms with van der Waals surface area (Å²) in [6.07, 6.45) is 0.625. The summed E-state index contributed by atoms with van der Waals surface area (Å²) in [6, 6.07) is 21.2. The molecule has 4 rings (SSSR count). The molecule has 200 valence electrons. The van der Waals surface area contributed by atoms with E-state index >= 15 is 0 Å². The van der Waals surface area contributed by atoms with Gasteiger partial charge in [-0.2, -0.15) is 5.10 Å². The number of benzene rings is 2. The molecular formula is C30H37FN6O. The van der Waals surface area contributed by atoms with E-state index in [1.807, 2.05) is 82.4 Å². The lowest BCUT2D eigenvalue weighted by atomic mass is 9.84. The van der Waals surface area contributed by atoms with Crippen LogP contribution >= 0.6 is 0 Å². The standard InChI is InChI=1S/C30H37FN6O/c1-21-16-25(34-35(21)5)29(38)37(19-24(31)17-32)27(30(2,3)4)28-33-26(23-14-10-7-11-15-23)20-36(28)18-22-12-8-6-9-13-22/h6-16,20,24,27H,17-19,32H2,1-5H3/t24-,27+/m1/s1. The number of rotatable bonds is 9. The van der Waals surface area contributed by atoms with Crippen LogP contribution in [0.1, 0.15) is 54.4 Å². The van der Waals surface area contributed by atoms with E-state index in [0.29, 0.717) is 12.4 Å². The maximum Gasteiger partial charge on any atom is 0.275 e. The summed E-state index contributed by atoms with van der Waals surface area (Å²) in [6.45, 7) is 8.22. The molecule has 4 aromatic rings. The fraction of sp³-hybridized carbons (Fsp3) is 0.367. The van der Waals surface area contributed by atoms with Crippen molar-refractivity contribution >= 4 is 5.91 Å². The van der Waals surface area contributed by atoms with Crippen LogP contribution in [0.5, 0.6) is 0 Å². The molecule has 0 aliphatic rings. The largest absolute Gasteiger partial charge is 0.328 e. The molecule has 0 aliphatic heterocycles. The molecule has 0 bridgehead atoms. The molecule has 0 unspecified atom stereocenters. The fourth-order valence-electron chi connectivity index (χ4n) is 4.70. The van der Waals surface area contributed by atoms with E-state index < -0.39 is 17.6 Å². The molecule has 0 radical (unpaired) electrons. The van der Waals surface area contributed by atoms with Crippen molar-refractivity contribution in [1.82, 2.24) is 24.2 Å². The van der Waals surface area contributed by atoms with E-state index in [1.165, 1.54) is 0 Å². The number of aryl methyl sites for hydroxylation is 2. The van der Waals surface area contributed by atoms with Gasteiger partial charge in [0.2, 0.25) is 0 Å². The maximum atomic E-state index is 15.0. The van der Waals surface area contributed by atoms with Crippen molar-refractivity contribution in [3.63, 3.8) is 0 Å². The average Bonchev–Trinajstić information content (AvgIpc) is 3.46. The molecule has 0 saturated heterocycles. The third-order valence-electron chi connectivity index (χ3n) is 6.69. The molecule has 38 heavy (non-hydrogen) atoms. The van der Waals surface area contributed by atoms with Crippen LogP contribution in [0.3, 0.4) is 0 Å². The second-order valence-electron chi connectivity index (χ2n) is 10.8. The molecule has 2 N–H and O–H groups in total. The van der Waals surface area contributed by atoms with Crippen molar-refractivity contribution in [3.05, 3.63) is 95.7 Å². The molecule has 0 aliphatic carbocycles. The number of alkyl halides is 1. The van der Waals surface area contributed by atoms with Gasteiger partial charge in [-0.1, -0.05) is 81.4 Å². The van der Waals surface area contributed by atoms with Crippen LogP contribution in [0, 0.1) is 12.3 Å². The van der Waals surface area contributed by atoms with Crippen molar-refractivity contribution in [2.45, 2.75) is 46.5 Å². The zero-order valence-corrected chi connectivity index (χ0v) is 22.8. The SMILES string of the molecule is Cc1cc(C(=O)N(C[C@H](F)CN)[C@@H](c2nc(-c3ccccc3)cn2Cc2ccccc2)C(C)(C)C)nn1C. The summed E-state index contributed by atoms with van der Waals surface area (Å²) < 4.78 is 18.7. The summed E-state index contributed by atoms with van der Waals surface area (Å²) >= 11 is 0. The number of halogens is 1. The number of aromatic nitrogens is 4. The van der Waals surface area contributed by atoms with Gasteiger partial charge >= 0.3 is 0 Å². The monoisotopic (exact) mass is 516 g/mol. The van der Waals surface area contributed by atoms with Gasteiger partial charge < -0.3 is 15.2 Å². The first-order valence-electron chi connectivity index (χ1n) is 12.9. The summed E-state index contributed by atoms with van der Waals surface area (Å²) in [5.41, 5.74) is 9.18. The third kappa shape index (κ3) is 6.02. The smallest absolute Gasteiger partial charge is 0.275 e. The molecule has 2 heterocycles. The van der Waals surface area contributed by atoms with Crippen molar-refractivity contribution < 1.29 is 9.18 Å². The Morgan fingerprint density at radius 2 is 1.71 bits per heavy atom. The Morgan fingerprint density at radius 1 is 1.08 bits per heavy atom. The minimum absolute atomic E-state index is 0.161. The topological polar surface area (TPSA) is 82.0 Å². The first-order valence-corrected chi connectivity index (χ1v) is 12.9. The van der Waals surface area contributed by atoms with E-state index in [2.05, 4.69) is 21.8 Å². The fourth-order valence-corrected chi connectivity index (χ4v) is 4.70. The second-order valence-corrected chi connectivity index (χ2v) is 10.8. The highest BCUT2D eigenvalue weighted by atomic mass is 19.1. The van der Waals surface area contributed by atoms with E-state index in [1.54, 1.807) is 22.7 Å². The summed E-state index contributed by atoms with van der Waals surface area (Å²) in [5.74, 6) is 0.339. The van der Waals surface area contributed by atoms with Crippen molar-refractivity contribution in [2.24, 2.45) is 18.2 Å². The van der Waals surface area contributed by atoms with Crippen LogP contribution in [0.15, 0.2) is 72.9 Å². The zero-order valence-electron chi connectivity index (χ0n) is 22.8. The lowest BCUT2D eigenvalue weighted by Crippen LogP contribution is -2.46. The molecule has 0 saturated carbocycles. The van der Waals surface area contributed by atoms with Crippen molar-refractivity contribution in [2.75, 3.05) is 13.1 Å². The number of hydrogen-bond acceptors (Lipinski definition) is 4. The number of nitrogens with two attached hydrogens (primary N) is 1. The van der Waals surface area contributed by atoms with Gasteiger partial charge in [0.25, 0.3) is 5.91 Å². The molecule has 7 nitrogen and oxygen atoms in total. The van der Waals surface area contributed by atoms with Crippen LogP contribution in [0.25, 0.3) is 11.3 Å². The summed E-state index contributed by atoms with van der Waals surface area (Å²) in [4.78, 5) is 20.6. The second kappa shape index (κ2) is 11.3. The predicted octanol–water partition coefficient (Wildman–Crippen LogP) is 5.17. The molecule has 8 heteroatoms. The molecule has 2 aromatic carbocycles. The Hall–Kier alpha value is -3.78. The molecular weight excluding hydrogens is 479 g/mol. The molecule has 1 amide bonds. The lowest BCUT2D eigenvalue weighted by molar-refractivity contribution is 0.0396.